The number of hydrogen-bond acceptors (Lipinski definition) is 5. The molecule has 2 aromatic carbocycles. The van der Waals surface area contributed by atoms with Crippen LogP contribution in [0.15, 0.2) is 61.2 Å². The molecule has 0 N–H and O–H groups in total. The maximum absolute atomic E-state index is 10.9. The van der Waals surface area contributed by atoms with Crippen LogP contribution in [0.2, 0.25) is 0 Å². The molecule has 0 bridgehead atoms. The van der Waals surface area contributed by atoms with E-state index in [1.54, 1.807) is 0 Å². The zero-order valence-electron chi connectivity index (χ0n) is 22.5. The fourth-order valence-electron chi connectivity index (χ4n) is 4.39. The number of rotatable bonds is 20. The second-order valence-corrected chi connectivity index (χ2v) is 9.76. The van der Waals surface area contributed by atoms with Gasteiger partial charge in [-0.2, -0.15) is 0 Å². The van der Waals surface area contributed by atoms with Gasteiger partial charge in [-0.3, -0.25) is 0 Å². The average Bonchev–Trinajstić information content (AvgIpc) is 3.68. The molecule has 2 atom stereocenters. The zero-order chi connectivity index (χ0) is 26.1. The first-order chi connectivity index (χ1) is 18.2. The Morgan fingerprint density at radius 2 is 1.27 bits per heavy atom. The van der Waals surface area contributed by atoms with Gasteiger partial charge in [0, 0.05) is 6.08 Å². The number of unbranched alkanes of at least 4 members (excludes halogenated alkanes) is 8. The van der Waals surface area contributed by atoms with Crippen molar-refractivity contribution >= 4 is 5.97 Å². The lowest BCUT2D eigenvalue weighted by Gasteiger charge is -2.09. The number of carbonyl (C=O) groups excluding carboxylic acids is 1. The van der Waals surface area contributed by atoms with Gasteiger partial charge in [-0.1, -0.05) is 89.1 Å². The van der Waals surface area contributed by atoms with Gasteiger partial charge in [-0.25, -0.2) is 4.79 Å². The molecule has 1 aliphatic heterocycles. The summed E-state index contributed by atoms with van der Waals surface area (Å²) in [6.45, 7) is 7.48. The van der Waals surface area contributed by atoms with E-state index in [1.165, 1.54) is 55.7 Å². The molecule has 0 saturated carbocycles. The molecule has 1 saturated heterocycles. The molecule has 5 heteroatoms. The van der Waals surface area contributed by atoms with E-state index in [0.29, 0.717) is 19.3 Å². The summed E-state index contributed by atoms with van der Waals surface area (Å²) in [6, 6.07) is 16.6. The molecule has 2 aromatic rings. The van der Waals surface area contributed by atoms with Gasteiger partial charge >= 0.3 is 5.97 Å². The van der Waals surface area contributed by atoms with E-state index in [0.717, 1.165) is 50.2 Å². The summed E-state index contributed by atoms with van der Waals surface area (Å²) in [4.78, 5) is 10.9. The maximum atomic E-state index is 10.9. The van der Waals surface area contributed by atoms with Crippen LogP contribution >= 0.6 is 0 Å². The normalized spacial score (nSPS) is 16.2. The summed E-state index contributed by atoms with van der Waals surface area (Å²) in [6.07, 6.45) is 14.8. The fraction of sp³-hybridized carbons (Fsp3) is 0.531. The van der Waals surface area contributed by atoms with E-state index in [-0.39, 0.29) is 12.1 Å². The van der Waals surface area contributed by atoms with Gasteiger partial charge < -0.3 is 18.9 Å². The first kappa shape index (κ1) is 28.8. The third kappa shape index (κ3) is 11.4. The highest BCUT2D eigenvalue weighted by Gasteiger charge is 2.38. The minimum atomic E-state index is -0.325. The Hall–Kier alpha value is -2.79. The molecule has 37 heavy (non-hydrogen) atoms. The Bertz CT molecular complexity index is 906. The molecule has 1 fully saturated rings. The van der Waals surface area contributed by atoms with Gasteiger partial charge in [-0.15, -0.1) is 0 Å². The van der Waals surface area contributed by atoms with Crippen molar-refractivity contribution in [1.29, 1.82) is 0 Å². The van der Waals surface area contributed by atoms with E-state index >= 15 is 0 Å². The lowest BCUT2D eigenvalue weighted by molar-refractivity contribution is -0.137. The van der Waals surface area contributed by atoms with Gasteiger partial charge in [0.2, 0.25) is 0 Å². The van der Waals surface area contributed by atoms with E-state index in [9.17, 15) is 4.79 Å². The van der Waals surface area contributed by atoms with Crippen molar-refractivity contribution in [3.63, 3.8) is 0 Å². The fourth-order valence-corrected chi connectivity index (χ4v) is 4.39. The summed E-state index contributed by atoms with van der Waals surface area (Å²) < 4.78 is 22.4. The molecule has 5 nitrogen and oxygen atoms in total. The summed E-state index contributed by atoms with van der Waals surface area (Å²) in [5.74, 6) is 1.49. The molecule has 202 valence electrons. The van der Waals surface area contributed by atoms with Crippen LogP contribution in [0, 0.1) is 0 Å². The van der Waals surface area contributed by atoms with E-state index < -0.39 is 0 Å². The quantitative estimate of drug-likeness (QED) is 0.0787. The summed E-state index contributed by atoms with van der Waals surface area (Å²) in [5.41, 5.74) is 2.34. The molecule has 0 radical (unpaired) electrons. The third-order valence-corrected chi connectivity index (χ3v) is 6.69. The maximum Gasteiger partial charge on any atom is 0.330 e. The third-order valence-electron chi connectivity index (χ3n) is 6.69. The summed E-state index contributed by atoms with van der Waals surface area (Å²) >= 11 is 0. The molecule has 0 spiro atoms. The highest BCUT2D eigenvalue weighted by Crippen LogP contribution is 2.28. The average molecular weight is 509 g/mol. The Morgan fingerprint density at radius 3 is 1.81 bits per heavy atom. The van der Waals surface area contributed by atoms with Crippen LogP contribution in [0.4, 0.5) is 0 Å². The molecular formula is C32H44O5. The summed E-state index contributed by atoms with van der Waals surface area (Å²) in [5, 5.41) is 0. The number of ether oxygens (including phenoxy) is 4. The minimum Gasteiger partial charge on any atom is -0.494 e. The van der Waals surface area contributed by atoms with Crippen LogP contribution in [0.3, 0.4) is 0 Å². The van der Waals surface area contributed by atoms with E-state index in [1.807, 2.05) is 12.1 Å². The first-order valence-corrected chi connectivity index (χ1v) is 14.1. The van der Waals surface area contributed by atoms with E-state index in [4.69, 9.17) is 18.9 Å². The van der Waals surface area contributed by atoms with Crippen molar-refractivity contribution in [3.8, 4) is 22.6 Å². The van der Waals surface area contributed by atoms with Gasteiger partial charge in [0.05, 0.1) is 19.3 Å². The Labute approximate surface area is 223 Å². The number of epoxide rings is 1. The molecule has 1 heterocycles. The van der Waals surface area contributed by atoms with Gasteiger partial charge in [-0.05, 0) is 54.7 Å². The van der Waals surface area contributed by atoms with Crippen molar-refractivity contribution in [2.75, 3.05) is 19.8 Å². The molecular weight excluding hydrogens is 464 g/mol. The highest BCUT2D eigenvalue weighted by atomic mass is 16.6. The highest BCUT2D eigenvalue weighted by molar-refractivity contribution is 5.81. The molecule has 0 unspecified atom stereocenters. The van der Waals surface area contributed by atoms with Gasteiger partial charge in [0.1, 0.15) is 24.2 Å². The van der Waals surface area contributed by atoms with Crippen molar-refractivity contribution in [1.82, 2.24) is 0 Å². The number of benzene rings is 2. The van der Waals surface area contributed by atoms with Crippen molar-refractivity contribution in [3.05, 3.63) is 61.2 Å². The molecule has 0 aliphatic carbocycles. The second-order valence-electron chi connectivity index (χ2n) is 9.76. The van der Waals surface area contributed by atoms with Crippen molar-refractivity contribution in [2.45, 2.75) is 89.8 Å². The predicted molar refractivity (Wildman–Crippen MR) is 149 cm³/mol. The van der Waals surface area contributed by atoms with Crippen LogP contribution in [-0.2, 0) is 14.3 Å². The molecule has 3 rings (SSSR count). The first-order valence-electron chi connectivity index (χ1n) is 14.1. The lowest BCUT2D eigenvalue weighted by Crippen LogP contribution is -2.07. The van der Waals surface area contributed by atoms with Gasteiger partial charge in [0.15, 0.2) is 0 Å². The van der Waals surface area contributed by atoms with Crippen LogP contribution in [0.1, 0.15) is 77.6 Å². The van der Waals surface area contributed by atoms with Crippen LogP contribution in [0.25, 0.3) is 11.1 Å². The van der Waals surface area contributed by atoms with Crippen molar-refractivity contribution < 1.29 is 23.7 Å². The largest absolute Gasteiger partial charge is 0.494 e. The molecule has 0 aromatic heterocycles. The van der Waals surface area contributed by atoms with Crippen LogP contribution in [0.5, 0.6) is 11.5 Å². The Morgan fingerprint density at radius 1 is 0.757 bits per heavy atom. The standard InChI is InChI=1S/C32H44O5/c1-3-14-30-31(37-30)25-36-29-21-17-27(18-22-29)26-15-19-28(20-16-26)34-23-12-10-8-6-5-7-9-11-13-24-35-32(33)4-2/h4,15-22,30-31H,2-3,5-14,23-25H2,1H3/t30-,31-/m0/s1. The Kier molecular flexibility index (Phi) is 13.1. The van der Waals surface area contributed by atoms with Crippen LogP contribution < -0.4 is 9.47 Å². The topological polar surface area (TPSA) is 57.3 Å². The van der Waals surface area contributed by atoms with E-state index in [2.05, 4.69) is 49.9 Å². The zero-order valence-corrected chi connectivity index (χ0v) is 22.5. The second kappa shape index (κ2) is 16.9. The monoisotopic (exact) mass is 508 g/mol. The smallest absolute Gasteiger partial charge is 0.330 e. The number of esters is 1. The van der Waals surface area contributed by atoms with Crippen LogP contribution in [-0.4, -0.2) is 38.0 Å². The predicted octanol–water partition coefficient (Wildman–Crippen LogP) is 7.92. The molecule has 0 amide bonds. The Balaban J connectivity index is 1.19. The minimum absolute atomic E-state index is 0.261. The number of carbonyl (C=O) groups is 1. The number of hydrogen-bond donors (Lipinski definition) is 0. The van der Waals surface area contributed by atoms with Crippen molar-refractivity contribution in [2.24, 2.45) is 0 Å². The SMILES string of the molecule is C=CC(=O)OCCCCCCCCCCCOc1ccc(-c2ccc(OC[C@@H]3O[C@H]3CCC)cc2)cc1. The summed E-state index contributed by atoms with van der Waals surface area (Å²) in [7, 11) is 0. The lowest BCUT2D eigenvalue weighted by atomic mass is 10.1. The molecule has 1 aliphatic rings. The van der Waals surface area contributed by atoms with Gasteiger partial charge in [0.25, 0.3) is 0 Å².